The van der Waals surface area contributed by atoms with Crippen LogP contribution in [0.1, 0.15) is 5.56 Å². The van der Waals surface area contributed by atoms with Crippen molar-refractivity contribution in [1.29, 1.82) is 0 Å². The maximum atomic E-state index is 13.3. The molecule has 0 radical (unpaired) electrons. The van der Waals surface area contributed by atoms with Crippen LogP contribution in [-0.2, 0) is 6.54 Å². The van der Waals surface area contributed by atoms with Crippen molar-refractivity contribution in [3.05, 3.63) is 59.4 Å². The summed E-state index contributed by atoms with van der Waals surface area (Å²) in [5, 5.41) is 9.02. The molecule has 0 amide bonds. The second-order valence-electron chi connectivity index (χ2n) is 5.95. The lowest BCUT2D eigenvalue weighted by Crippen LogP contribution is -2.26. The number of aromatic nitrogens is 2. The van der Waals surface area contributed by atoms with Crippen molar-refractivity contribution in [2.24, 2.45) is 0 Å². The molecule has 4 nitrogen and oxygen atoms in total. The molecule has 1 aromatic heterocycles. The molecule has 0 fully saturated rings. The Morgan fingerprint density at radius 3 is 2.67 bits per heavy atom. The second-order valence-corrected chi connectivity index (χ2v) is 6.79. The van der Waals surface area contributed by atoms with Crippen molar-refractivity contribution in [3.8, 4) is 10.6 Å². The Bertz CT molecular complexity index is 833. The predicted octanol–water partition coefficient (Wildman–Crippen LogP) is 3.93. The van der Waals surface area contributed by atoms with Gasteiger partial charge in [0.1, 0.15) is 16.3 Å². The first-order valence-corrected chi connectivity index (χ1v) is 8.70. The van der Waals surface area contributed by atoms with Crippen LogP contribution < -0.4 is 4.90 Å². The van der Waals surface area contributed by atoms with Gasteiger partial charge in [0.25, 0.3) is 0 Å². The standard InChI is InChI=1S/C18H17FN4S/c1-22-8-9-23(16-5-3-15(19)4-6-16)17-7-2-13(10-14(17)11-22)18-21-20-12-24-18/h2-7,10,12H,8-9,11H2,1H3. The fraction of sp³-hybridized carbons (Fsp3) is 0.222. The first-order valence-electron chi connectivity index (χ1n) is 7.82. The summed E-state index contributed by atoms with van der Waals surface area (Å²) in [6.07, 6.45) is 0. The molecule has 0 saturated heterocycles. The van der Waals surface area contributed by atoms with Gasteiger partial charge in [0, 0.05) is 36.6 Å². The van der Waals surface area contributed by atoms with Crippen LogP contribution in [-0.4, -0.2) is 35.2 Å². The zero-order valence-electron chi connectivity index (χ0n) is 13.3. The van der Waals surface area contributed by atoms with E-state index in [1.807, 2.05) is 12.1 Å². The van der Waals surface area contributed by atoms with Gasteiger partial charge in [-0.25, -0.2) is 4.39 Å². The van der Waals surface area contributed by atoms with Crippen LogP contribution >= 0.6 is 11.3 Å². The Hall–Kier alpha value is -2.31. The number of nitrogens with zero attached hydrogens (tertiary/aromatic N) is 4. The van der Waals surface area contributed by atoms with Crippen LogP contribution in [0.5, 0.6) is 0 Å². The van der Waals surface area contributed by atoms with Gasteiger partial charge in [0.05, 0.1) is 0 Å². The zero-order valence-corrected chi connectivity index (χ0v) is 14.1. The predicted molar refractivity (Wildman–Crippen MR) is 95.1 cm³/mol. The van der Waals surface area contributed by atoms with Gasteiger partial charge in [-0.3, -0.25) is 0 Å². The average Bonchev–Trinajstić information content (AvgIpc) is 3.06. The van der Waals surface area contributed by atoms with Crippen molar-refractivity contribution in [2.45, 2.75) is 6.54 Å². The van der Waals surface area contributed by atoms with E-state index in [2.05, 4.69) is 45.2 Å². The molecule has 0 aliphatic carbocycles. The molecule has 2 aromatic carbocycles. The molecule has 0 N–H and O–H groups in total. The molecule has 0 spiro atoms. The van der Waals surface area contributed by atoms with Crippen molar-refractivity contribution in [1.82, 2.24) is 15.1 Å². The molecule has 122 valence electrons. The molecule has 1 aliphatic rings. The summed E-state index contributed by atoms with van der Waals surface area (Å²) in [6.45, 7) is 2.69. The minimum atomic E-state index is -0.211. The number of hydrogen-bond donors (Lipinski definition) is 0. The lowest BCUT2D eigenvalue weighted by atomic mass is 10.1. The minimum absolute atomic E-state index is 0.211. The Kier molecular flexibility index (Phi) is 4.00. The fourth-order valence-electron chi connectivity index (χ4n) is 3.06. The number of halogens is 1. The molecule has 0 unspecified atom stereocenters. The number of rotatable bonds is 2. The molecular weight excluding hydrogens is 323 g/mol. The largest absolute Gasteiger partial charge is 0.340 e. The van der Waals surface area contributed by atoms with E-state index in [0.29, 0.717) is 0 Å². The second kappa shape index (κ2) is 6.30. The third-order valence-corrected chi connectivity index (χ3v) is 5.00. The van der Waals surface area contributed by atoms with E-state index in [1.54, 1.807) is 16.8 Å². The van der Waals surface area contributed by atoms with E-state index < -0.39 is 0 Å². The van der Waals surface area contributed by atoms with Crippen LogP contribution in [0.2, 0.25) is 0 Å². The van der Waals surface area contributed by atoms with E-state index in [9.17, 15) is 4.39 Å². The van der Waals surface area contributed by atoms with Gasteiger partial charge in [-0.05, 0) is 55.1 Å². The maximum absolute atomic E-state index is 13.3. The molecule has 0 bridgehead atoms. The van der Waals surface area contributed by atoms with Gasteiger partial charge >= 0.3 is 0 Å². The molecule has 24 heavy (non-hydrogen) atoms. The highest BCUT2D eigenvalue weighted by atomic mass is 32.1. The molecule has 6 heteroatoms. The molecule has 4 rings (SSSR count). The summed E-state index contributed by atoms with van der Waals surface area (Å²) in [5.41, 5.74) is 6.26. The van der Waals surface area contributed by atoms with Gasteiger partial charge in [0.15, 0.2) is 0 Å². The third-order valence-electron chi connectivity index (χ3n) is 4.26. The summed E-state index contributed by atoms with van der Waals surface area (Å²) in [5.74, 6) is -0.211. The van der Waals surface area contributed by atoms with Crippen molar-refractivity contribution >= 4 is 22.7 Å². The van der Waals surface area contributed by atoms with Gasteiger partial charge in [-0.15, -0.1) is 10.2 Å². The topological polar surface area (TPSA) is 32.3 Å². The van der Waals surface area contributed by atoms with Gasteiger partial charge < -0.3 is 9.80 Å². The number of hydrogen-bond acceptors (Lipinski definition) is 5. The van der Waals surface area contributed by atoms with Crippen LogP contribution in [0.4, 0.5) is 15.8 Å². The first-order chi connectivity index (χ1) is 11.7. The minimum Gasteiger partial charge on any atom is -0.340 e. The summed E-state index contributed by atoms with van der Waals surface area (Å²) < 4.78 is 13.3. The number of fused-ring (bicyclic) bond motifs is 1. The smallest absolute Gasteiger partial charge is 0.147 e. The van der Waals surface area contributed by atoms with E-state index in [1.165, 1.54) is 23.4 Å². The van der Waals surface area contributed by atoms with E-state index >= 15 is 0 Å². The Morgan fingerprint density at radius 2 is 1.92 bits per heavy atom. The molecule has 2 heterocycles. The maximum Gasteiger partial charge on any atom is 0.147 e. The lowest BCUT2D eigenvalue weighted by molar-refractivity contribution is 0.343. The Morgan fingerprint density at radius 1 is 1.08 bits per heavy atom. The highest BCUT2D eigenvalue weighted by Crippen LogP contribution is 2.34. The number of benzene rings is 2. The zero-order chi connectivity index (χ0) is 16.5. The van der Waals surface area contributed by atoms with E-state index in [0.717, 1.165) is 35.9 Å². The first kappa shape index (κ1) is 15.2. The van der Waals surface area contributed by atoms with Crippen LogP contribution in [0.15, 0.2) is 48.0 Å². The van der Waals surface area contributed by atoms with E-state index in [4.69, 9.17) is 0 Å². The molecule has 0 atom stereocenters. The van der Waals surface area contributed by atoms with E-state index in [-0.39, 0.29) is 5.82 Å². The summed E-state index contributed by atoms with van der Waals surface area (Å²) in [6, 6.07) is 13.1. The van der Waals surface area contributed by atoms with Crippen LogP contribution in [0.25, 0.3) is 10.6 Å². The molecule has 1 aliphatic heterocycles. The number of anilines is 2. The van der Waals surface area contributed by atoms with Gasteiger partial charge in [0.2, 0.25) is 0 Å². The fourth-order valence-corrected chi connectivity index (χ4v) is 3.61. The van der Waals surface area contributed by atoms with Crippen LogP contribution in [0, 0.1) is 5.82 Å². The highest BCUT2D eigenvalue weighted by Gasteiger charge is 2.20. The van der Waals surface area contributed by atoms with Gasteiger partial charge in [-0.2, -0.15) is 0 Å². The quantitative estimate of drug-likeness (QED) is 0.708. The SMILES string of the molecule is CN1CCN(c2ccc(F)cc2)c2ccc(-c3nncs3)cc2C1. The lowest BCUT2D eigenvalue weighted by Gasteiger charge is -2.25. The third kappa shape index (κ3) is 2.90. The van der Waals surface area contributed by atoms with Crippen molar-refractivity contribution in [3.63, 3.8) is 0 Å². The summed E-state index contributed by atoms with van der Waals surface area (Å²) in [7, 11) is 2.12. The Labute approximate surface area is 144 Å². The monoisotopic (exact) mass is 340 g/mol. The molecule has 3 aromatic rings. The highest BCUT2D eigenvalue weighted by molar-refractivity contribution is 7.12. The van der Waals surface area contributed by atoms with Crippen molar-refractivity contribution < 1.29 is 4.39 Å². The summed E-state index contributed by atoms with van der Waals surface area (Å²) in [4.78, 5) is 4.55. The van der Waals surface area contributed by atoms with Crippen LogP contribution in [0.3, 0.4) is 0 Å². The van der Waals surface area contributed by atoms with Gasteiger partial charge in [-0.1, -0.05) is 11.3 Å². The van der Waals surface area contributed by atoms with Crippen molar-refractivity contribution in [2.75, 3.05) is 25.0 Å². The molecular formula is C18H17FN4S. The normalized spacial score (nSPS) is 15.2. The Balaban J connectivity index is 1.78. The summed E-state index contributed by atoms with van der Waals surface area (Å²) >= 11 is 1.54. The molecule has 0 saturated carbocycles. The number of likely N-dealkylation sites (N-methyl/N-ethyl adjacent to an activating group) is 1. The average molecular weight is 340 g/mol.